The van der Waals surface area contributed by atoms with Gasteiger partial charge in [-0.05, 0) is 6.92 Å². The second-order valence-electron chi connectivity index (χ2n) is 3.30. The highest BCUT2D eigenvalue weighted by Crippen LogP contribution is 2.18. The molecule has 76 valence electrons. The van der Waals surface area contributed by atoms with Crippen LogP contribution in [0.25, 0.3) is 11.3 Å². The van der Waals surface area contributed by atoms with Crippen LogP contribution in [-0.2, 0) is 0 Å². The average Bonchev–Trinajstić information content (AvgIpc) is 2.29. The molecule has 1 aromatic heterocycles. The molecule has 0 aliphatic heterocycles. The van der Waals surface area contributed by atoms with Gasteiger partial charge in [0, 0.05) is 18.7 Å². The molecule has 0 bridgehead atoms. The van der Waals surface area contributed by atoms with Crippen LogP contribution in [0.3, 0.4) is 0 Å². The van der Waals surface area contributed by atoms with Gasteiger partial charge in [0.25, 0.3) is 0 Å². The Hall–Kier alpha value is -1.90. The van der Waals surface area contributed by atoms with Crippen LogP contribution >= 0.6 is 0 Å². The molecule has 0 atom stereocenters. The lowest BCUT2D eigenvalue weighted by molar-refractivity contribution is 1.06. The minimum atomic E-state index is 0.778. The summed E-state index contributed by atoms with van der Waals surface area (Å²) in [6, 6.07) is 12.0. The maximum Gasteiger partial charge on any atom is 0.130 e. The molecule has 15 heavy (non-hydrogen) atoms. The molecule has 0 saturated heterocycles. The van der Waals surface area contributed by atoms with E-state index in [9.17, 15) is 0 Å². The first-order valence-corrected chi connectivity index (χ1v) is 4.88. The van der Waals surface area contributed by atoms with Gasteiger partial charge in [-0.1, -0.05) is 30.3 Å². The molecule has 2 aromatic rings. The first-order chi connectivity index (χ1) is 7.29. The van der Waals surface area contributed by atoms with Crippen molar-refractivity contribution >= 4 is 5.82 Å². The molecular formula is C12H13N3. The predicted molar refractivity (Wildman–Crippen MR) is 61.8 cm³/mol. The zero-order valence-corrected chi connectivity index (χ0v) is 8.86. The Bertz CT molecular complexity index is 452. The fraction of sp³-hybridized carbons (Fsp3) is 0.167. The Morgan fingerprint density at radius 2 is 1.80 bits per heavy atom. The van der Waals surface area contributed by atoms with Gasteiger partial charge in [0.05, 0.1) is 5.69 Å². The molecule has 0 unspecified atom stereocenters. The molecule has 0 aliphatic rings. The quantitative estimate of drug-likeness (QED) is 0.807. The van der Waals surface area contributed by atoms with Gasteiger partial charge < -0.3 is 5.32 Å². The molecule has 1 aromatic carbocycles. The zero-order chi connectivity index (χ0) is 10.7. The van der Waals surface area contributed by atoms with Gasteiger partial charge in [-0.25, -0.2) is 9.97 Å². The van der Waals surface area contributed by atoms with E-state index in [1.807, 2.05) is 50.4 Å². The molecule has 1 N–H and O–H groups in total. The number of benzene rings is 1. The van der Waals surface area contributed by atoms with Crippen molar-refractivity contribution in [3.8, 4) is 11.3 Å². The second kappa shape index (κ2) is 4.09. The molecule has 0 saturated carbocycles. The maximum absolute atomic E-state index is 4.40. The van der Waals surface area contributed by atoms with Gasteiger partial charge in [0.1, 0.15) is 11.6 Å². The zero-order valence-electron chi connectivity index (χ0n) is 8.86. The summed E-state index contributed by atoms with van der Waals surface area (Å²) in [6.07, 6.45) is 0. The fourth-order valence-electron chi connectivity index (χ4n) is 1.45. The number of aromatic nitrogens is 2. The van der Waals surface area contributed by atoms with Gasteiger partial charge in [-0.15, -0.1) is 0 Å². The number of hydrogen-bond donors (Lipinski definition) is 1. The van der Waals surface area contributed by atoms with Gasteiger partial charge in [0.15, 0.2) is 0 Å². The Balaban J connectivity index is 2.49. The summed E-state index contributed by atoms with van der Waals surface area (Å²) < 4.78 is 0. The standard InChI is InChI=1S/C12H13N3/c1-9-14-11(8-12(13-2)15-9)10-6-4-3-5-7-10/h3-8H,1-2H3,(H,13,14,15). The monoisotopic (exact) mass is 199 g/mol. The maximum atomic E-state index is 4.40. The van der Waals surface area contributed by atoms with E-state index in [-0.39, 0.29) is 0 Å². The van der Waals surface area contributed by atoms with Crippen molar-refractivity contribution < 1.29 is 0 Å². The third-order valence-corrected chi connectivity index (χ3v) is 2.16. The van der Waals surface area contributed by atoms with Crippen LogP contribution in [0.2, 0.25) is 0 Å². The lowest BCUT2D eigenvalue weighted by Gasteiger charge is -2.05. The smallest absolute Gasteiger partial charge is 0.130 e. The molecule has 0 aliphatic carbocycles. The minimum absolute atomic E-state index is 0.778. The molecule has 0 radical (unpaired) electrons. The van der Waals surface area contributed by atoms with E-state index in [4.69, 9.17) is 0 Å². The molecule has 3 nitrogen and oxygen atoms in total. The fourth-order valence-corrected chi connectivity index (χ4v) is 1.45. The Morgan fingerprint density at radius 3 is 2.47 bits per heavy atom. The van der Waals surface area contributed by atoms with Crippen molar-refractivity contribution in [2.45, 2.75) is 6.92 Å². The molecule has 2 rings (SSSR count). The van der Waals surface area contributed by atoms with Crippen LogP contribution in [0.4, 0.5) is 5.82 Å². The van der Waals surface area contributed by atoms with Crippen molar-refractivity contribution in [3.63, 3.8) is 0 Å². The highest BCUT2D eigenvalue weighted by atomic mass is 15.0. The molecule has 0 amide bonds. The Morgan fingerprint density at radius 1 is 1.07 bits per heavy atom. The van der Waals surface area contributed by atoms with E-state index < -0.39 is 0 Å². The van der Waals surface area contributed by atoms with Crippen molar-refractivity contribution in [2.24, 2.45) is 0 Å². The van der Waals surface area contributed by atoms with E-state index in [1.165, 1.54) is 0 Å². The van der Waals surface area contributed by atoms with E-state index >= 15 is 0 Å². The Labute approximate surface area is 89.2 Å². The summed E-state index contributed by atoms with van der Waals surface area (Å²) >= 11 is 0. The summed E-state index contributed by atoms with van der Waals surface area (Å²) in [5.74, 6) is 1.63. The van der Waals surface area contributed by atoms with E-state index in [2.05, 4.69) is 15.3 Å². The molecule has 0 spiro atoms. The highest BCUT2D eigenvalue weighted by molar-refractivity contribution is 5.62. The first kappa shape index (κ1) is 9.65. The average molecular weight is 199 g/mol. The lowest BCUT2D eigenvalue weighted by atomic mass is 10.1. The van der Waals surface area contributed by atoms with Crippen LogP contribution < -0.4 is 5.32 Å². The van der Waals surface area contributed by atoms with E-state index in [0.717, 1.165) is 22.9 Å². The van der Waals surface area contributed by atoms with Crippen molar-refractivity contribution in [1.29, 1.82) is 0 Å². The van der Waals surface area contributed by atoms with Crippen LogP contribution in [-0.4, -0.2) is 17.0 Å². The number of rotatable bonds is 2. The SMILES string of the molecule is CNc1cc(-c2ccccc2)nc(C)n1. The van der Waals surface area contributed by atoms with Crippen LogP contribution in [0.1, 0.15) is 5.82 Å². The van der Waals surface area contributed by atoms with Crippen LogP contribution in [0.5, 0.6) is 0 Å². The van der Waals surface area contributed by atoms with E-state index in [0.29, 0.717) is 0 Å². The normalized spacial score (nSPS) is 10.0. The predicted octanol–water partition coefficient (Wildman–Crippen LogP) is 2.49. The van der Waals surface area contributed by atoms with Crippen LogP contribution in [0.15, 0.2) is 36.4 Å². The summed E-state index contributed by atoms with van der Waals surface area (Å²) in [4.78, 5) is 8.66. The number of anilines is 1. The number of hydrogen-bond acceptors (Lipinski definition) is 3. The first-order valence-electron chi connectivity index (χ1n) is 4.88. The largest absolute Gasteiger partial charge is 0.373 e. The van der Waals surface area contributed by atoms with Crippen molar-refractivity contribution in [3.05, 3.63) is 42.2 Å². The topological polar surface area (TPSA) is 37.8 Å². The number of nitrogens with one attached hydrogen (secondary N) is 1. The van der Waals surface area contributed by atoms with E-state index in [1.54, 1.807) is 0 Å². The summed E-state index contributed by atoms with van der Waals surface area (Å²) in [7, 11) is 1.86. The van der Waals surface area contributed by atoms with Gasteiger partial charge in [-0.3, -0.25) is 0 Å². The highest BCUT2D eigenvalue weighted by Gasteiger charge is 2.02. The van der Waals surface area contributed by atoms with Gasteiger partial charge in [0.2, 0.25) is 0 Å². The molecule has 3 heteroatoms. The number of aryl methyl sites for hydroxylation is 1. The van der Waals surface area contributed by atoms with Gasteiger partial charge in [-0.2, -0.15) is 0 Å². The third kappa shape index (κ3) is 2.13. The second-order valence-corrected chi connectivity index (χ2v) is 3.30. The molecular weight excluding hydrogens is 186 g/mol. The van der Waals surface area contributed by atoms with Crippen LogP contribution in [0, 0.1) is 6.92 Å². The minimum Gasteiger partial charge on any atom is -0.373 e. The third-order valence-electron chi connectivity index (χ3n) is 2.16. The summed E-state index contributed by atoms with van der Waals surface area (Å²) in [5.41, 5.74) is 2.06. The Kier molecular flexibility index (Phi) is 2.63. The molecule has 0 fully saturated rings. The lowest BCUT2D eigenvalue weighted by Crippen LogP contribution is -1.97. The van der Waals surface area contributed by atoms with Crippen molar-refractivity contribution in [2.75, 3.05) is 12.4 Å². The molecule has 1 heterocycles. The summed E-state index contributed by atoms with van der Waals surface area (Å²) in [6.45, 7) is 1.90. The number of nitrogens with zero attached hydrogens (tertiary/aromatic N) is 2. The van der Waals surface area contributed by atoms with Gasteiger partial charge >= 0.3 is 0 Å². The van der Waals surface area contributed by atoms with Crippen molar-refractivity contribution in [1.82, 2.24) is 9.97 Å². The summed E-state index contributed by atoms with van der Waals surface area (Å²) in [5, 5.41) is 3.03.